The molecule has 0 spiro atoms. The Morgan fingerprint density at radius 2 is 0.919 bits per heavy atom. The van der Waals surface area contributed by atoms with Crippen LogP contribution in [0.1, 0.15) is 26.3 Å². The van der Waals surface area contributed by atoms with Gasteiger partial charge in [0.15, 0.2) is 5.78 Å². The monoisotopic (exact) mass is 507 g/mol. The predicted octanol–water partition coefficient (Wildman–Crippen LogP) is 4.00. The number of hydrogen-bond acceptors (Lipinski definition) is 9. The number of aromatic carboxylic acids is 1. The van der Waals surface area contributed by atoms with Gasteiger partial charge in [0, 0.05) is 29.8 Å². The number of aromatic hydroxyl groups is 6. The molecule has 10 nitrogen and oxygen atoms in total. The highest BCUT2D eigenvalue weighted by atomic mass is 16.4. The number of anilines is 1. The van der Waals surface area contributed by atoms with Crippen molar-refractivity contribution in [3.63, 3.8) is 0 Å². The zero-order valence-electron chi connectivity index (χ0n) is 19.3. The minimum atomic E-state index is -1.18. The summed E-state index contributed by atoms with van der Waals surface area (Å²) >= 11 is 0. The van der Waals surface area contributed by atoms with Crippen molar-refractivity contribution < 1.29 is 45.3 Å². The summed E-state index contributed by atoms with van der Waals surface area (Å²) in [5.74, 6) is -1.83. The Morgan fingerprint density at radius 3 is 1.30 bits per heavy atom. The van der Waals surface area contributed by atoms with Gasteiger partial charge in [0.05, 0.1) is 5.56 Å². The maximum atomic E-state index is 11.9. The summed E-state index contributed by atoms with van der Waals surface area (Å²) < 4.78 is 0. The minimum absolute atomic E-state index is 0.137. The van der Waals surface area contributed by atoms with Crippen molar-refractivity contribution in [2.45, 2.75) is 6.42 Å². The third-order valence-corrected chi connectivity index (χ3v) is 4.57. The fourth-order valence-electron chi connectivity index (χ4n) is 2.85. The predicted molar refractivity (Wildman–Crippen MR) is 135 cm³/mol. The molecule has 10 heteroatoms. The average Bonchev–Trinajstić information content (AvgIpc) is 2.82. The molecule has 0 aliphatic carbocycles. The molecule has 0 aliphatic heterocycles. The molecule has 0 heterocycles. The van der Waals surface area contributed by atoms with Gasteiger partial charge in [0.1, 0.15) is 34.5 Å². The summed E-state index contributed by atoms with van der Waals surface area (Å²) in [6.45, 7) is 0. The number of nitrogen functional groups attached to an aromatic ring is 1. The van der Waals surface area contributed by atoms with Crippen molar-refractivity contribution in [1.29, 1.82) is 0 Å². The molecule has 192 valence electrons. The second-order valence-electron chi connectivity index (χ2n) is 7.64. The van der Waals surface area contributed by atoms with Crippen LogP contribution in [0.4, 0.5) is 5.69 Å². The summed E-state index contributed by atoms with van der Waals surface area (Å²) in [7, 11) is 0. The first-order valence-corrected chi connectivity index (χ1v) is 10.6. The maximum absolute atomic E-state index is 11.9. The van der Waals surface area contributed by atoms with Gasteiger partial charge in [-0.25, -0.2) is 4.79 Å². The molecule has 0 aromatic heterocycles. The van der Waals surface area contributed by atoms with Crippen LogP contribution in [0.15, 0.2) is 84.9 Å². The Hall–Kier alpha value is -5.38. The van der Waals surface area contributed by atoms with E-state index >= 15 is 0 Å². The average molecular weight is 507 g/mol. The maximum Gasteiger partial charge on any atom is 0.335 e. The molecule has 0 aliphatic rings. The fraction of sp³-hybridized carbons (Fsp3) is 0.0370. The topological polar surface area (TPSA) is 202 Å². The van der Waals surface area contributed by atoms with Crippen LogP contribution in [0.2, 0.25) is 0 Å². The van der Waals surface area contributed by atoms with E-state index in [1.807, 2.05) is 0 Å². The molecule has 4 rings (SSSR count). The number of benzene rings is 4. The molecule has 0 fully saturated rings. The molecule has 4 aromatic carbocycles. The van der Waals surface area contributed by atoms with Gasteiger partial charge >= 0.3 is 5.97 Å². The van der Waals surface area contributed by atoms with E-state index in [-0.39, 0.29) is 57.8 Å². The number of nitrogens with two attached hydrogens (primary N) is 1. The second-order valence-corrected chi connectivity index (χ2v) is 7.64. The molecule has 0 saturated heterocycles. The Bertz CT molecular complexity index is 1290. The fourth-order valence-corrected chi connectivity index (χ4v) is 2.85. The Labute approximate surface area is 211 Å². The highest BCUT2D eigenvalue weighted by Gasteiger charge is 2.10. The summed E-state index contributed by atoms with van der Waals surface area (Å²) in [6.07, 6.45) is 0.142. The lowest BCUT2D eigenvalue weighted by molar-refractivity contribution is 0.0695. The van der Waals surface area contributed by atoms with E-state index in [2.05, 4.69) is 0 Å². The van der Waals surface area contributed by atoms with Gasteiger partial charge in [-0.3, -0.25) is 4.79 Å². The number of phenols is 6. The Balaban J connectivity index is 0.000000215. The number of carboxylic acid groups (broad SMARTS) is 1. The number of Topliss-reactive ketones (excluding diaryl/α,β-unsaturated/α-hetero) is 1. The molecule has 0 radical (unpaired) electrons. The lowest BCUT2D eigenvalue weighted by atomic mass is 10.0. The van der Waals surface area contributed by atoms with Gasteiger partial charge in [-0.15, -0.1) is 0 Å². The van der Waals surface area contributed by atoms with E-state index in [4.69, 9.17) is 31.3 Å². The molecule has 0 bridgehead atoms. The lowest BCUT2D eigenvalue weighted by Crippen LogP contribution is -2.03. The van der Waals surface area contributed by atoms with Crippen LogP contribution in [0.25, 0.3) is 0 Å². The third kappa shape index (κ3) is 9.79. The van der Waals surface area contributed by atoms with Crippen LogP contribution in [0.3, 0.4) is 0 Å². The summed E-state index contributed by atoms with van der Waals surface area (Å²) in [5.41, 5.74) is 6.85. The van der Waals surface area contributed by atoms with Gasteiger partial charge < -0.3 is 41.5 Å². The van der Waals surface area contributed by atoms with E-state index < -0.39 is 5.97 Å². The van der Waals surface area contributed by atoms with Crippen LogP contribution in [-0.4, -0.2) is 47.5 Å². The number of ketones is 1. The molecule has 0 amide bonds. The first kappa shape index (κ1) is 27.9. The van der Waals surface area contributed by atoms with Crippen LogP contribution < -0.4 is 5.73 Å². The van der Waals surface area contributed by atoms with Crippen molar-refractivity contribution in [2.75, 3.05) is 5.73 Å². The molecular weight excluding hydrogens is 482 g/mol. The van der Waals surface area contributed by atoms with Crippen LogP contribution >= 0.6 is 0 Å². The molecule has 0 saturated carbocycles. The largest absolute Gasteiger partial charge is 0.508 e. The van der Waals surface area contributed by atoms with Gasteiger partial charge in [0.2, 0.25) is 0 Å². The molecule has 0 atom stereocenters. The van der Waals surface area contributed by atoms with Crippen LogP contribution in [0, 0.1) is 0 Å². The van der Waals surface area contributed by atoms with Crippen molar-refractivity contribution in [3.05, 3.63) is 102 Å². The van der Waals surface area contributed by atoms with Crippen molar-refractivity contribution >= 4 is 17.4 Å². The summed E-state index contributed by atoms with van der Waals surface area (Å²) in [5, 5.41) is 62.5. The summed E-state index contributed by atoms with van der Waals surface area (Å²) in [4.78, 5) is 22.2. The smallest absolute Gasteiger partial charge is 0.335 e. The number of carbonyl (C=O) groups is 2. The number of hydrogen-bond donors (Lipinski definition) is 8. The molecule has 4 aromatic rings. The van der Waals surface area contributed by atoms with Crippen LogP contribution in [-0.2, 0) is 6.42 Å². The van der Waals surface area contributed by atoms with Gasteiger partial charge in [-0.2, -0.15) is 0 Å². The van der Waals surface area contributed by atoms with Crippen molar-refractivity contribution in [3.8, 4) is 34.5 Å². The number of carbonyl (C=O) groups excluding carboxylic acids is 1. The van der Waals surface area contributed by atoms with Crippen molar-refractivity contribution in [1.82, 2.24) is 0 Å². The van der Waals surface area contributed by atoms with Crippen molar-refractivity contribution in [2.24, 2.45) is 0 Å². The van der Waals surface area contributed by atoms with E-state index in [0.717, 1.165) is 29.8 Å². The standard InChI is InChI=1S/C14H12O4.C7H6O4.C6H7NO/c15-11-3-1-9(2-4-11)5-14(18)10-6-12(16)8-13(17)7-10;8-5-1-4(7(10)11)2-6(9)3-5;7-5-1-3-6(8)4-2-5/h1-4,6-8,15-17H,5H2;1-3,8-9H,(H,10,11);1-4,8H,7H2. The van der Waals surface area contributed by atoms with Gasteiger partial charge in [-0.1, -0.05) is 12.1 Å². The first-order valence-electron chi connectivity index (χ1n) is 10.6. The van der Waals surface area contributed by atoms with Gasteiger partial charge in [0.25, 0.3) is 0 Å². The Morgan fingerprint density at radius 1 is 0.541 bits per heavy atom. The third-order valence-electron chi connectivity index (χ3n) is 4.57. The summed E-state index contributed by atoms with van der Waals surface area (Å²) in [6, 6.07) is 19.7. The molecule has 9 N–H and O–H groups in total. The van der Waals surface area contributed by atoms with Crippen LogP contribution in [0.5, 0.6) is 34.5 Å². The molecular formula is C27H25NO9. The number of carboxylic acids is 1. The van der Waals surface area contributed by atoms with E-state index in [1.165, 1.54) is 24.3 Å². The van der Waals surface area contributed by atoms with E-state index in [1.54, 1.807) is 36.4 Å². The Kier molecular flexibility index (Phi) is 9.72. The number of phenolic OH excluding ortho intramolecular Hbond substituents is 6. The zero-order chi connectivity index (χ0) is 27.5. The molecule has 37 heavy (non-hydrogen) atoms. The quantitative estimate of drug-likeness (QED) is 0.113. The minimum Gasteiger partial charge on any atom is -0.508 e. The second kappa shape index (κ2) is 12.9. The first-order chi connectivity index (χ1) is 17.4. The van der Waals surface area contributed by atoms with E-state index in [0.29, 0.717) is 5.69 Å². The molecule has 0 unspecified atom stereocenters. The highest BCUT2D eigenvalue weighted by Crippen LogP contribution is 2.22. The van der Waals surface area contributed by atoms with Gasteiger partial charge in [-0.05, 0) is 66.2 Å². The zero-order valence-corrected chi connectivity index (χ0v) is 19.3. The SMILES string of the molecule is Nc1ccc(O)cc1.O=C(Cc1ccc(O)cc1)c1cc(O)cc(O)c1.O=C(O)c1cc(O)cc(O)c1. The highest BCUT2D eigenvalue weighted by molar-refractivity contribution is 5.98. The number of rotatable bonds is 4. The van der Waals surface area contributed by atoms with E-state index in [9.17, 15) is 19.8 Å². The lowest BCUT2D eigenvalue weighted by Gasteiger charge is -2.03. The normalized spacial score (nSPS) is 9.73.